The second kappa shape index (κ2) is 9.76. The highest BCUT2D eigenvalue weighted by Gasteiger charge is 2.19. The molecule has 0 aliphatic carbocycles. The molecule has 1 saturated heterocycles. The van der Waals surface area contributed by atoms with Crippen LogP contribution >= 0.6 is 0 Å². The zero-order valence-electron chi connectivity index (χ0n) is 17.9. The summed E-state index contributed by atoms with van der Waals surface area (Å²) in [5.74, 6) is 0.231. The first-order valence-electron chi connectivity index (χ1n) is 10.3. The number of carbonyl (C=O) groups is 2. The van der Waals surface area contributed by atoms with Gasteiger partial charge in [-0.2, -0.15) is 0 Å². The molecule has 2 N–H and O–H groups in total. The van der Waals surface area contributed by atoms with Crippen molar-refractivity contribution in [3.8, 4) is 5.75 Å². The van der Waals surface area contributed by atoms with Crippen molar-refractivity contribution in [2.75, 3.05) is 25.1 Å². The lowest BCUT2D eigenvalue weighted by Gasteiger charge is -2.22. The van der Waals surface area contributed by atoms with Gasteiger partial charge in [-0.1, -0.05) is 45.0 Å². The lowest BCUT2D eigenvalue weighted by Crippen LogP contribution is -2.31. The predicted octanol–water partition coefficient (Wildman–Crippen LogP) is 3.91. The third-order valence-electron chi connectivity index (χ3n) is 4.98. The van der Waals surface area contributed by atoms with Gasteiger partial charge >= 0.3 is 0 Å². The highest BCUT2D eigenvalue weighted by atomic mass is 16.5. The third kappa shape index (κ3) is 6.07. The van der Waals surface area contributed by atoms with Crippen LogP contribution in [0.2, 0.25) is 0 Å². The molecule has 0 saturated carbocycles. The Morgan fingerprint density at radius 2 is 1.93 bits per heavy atom. The van der Waals surface area contributed by atoms with Gasteiger partial charge in [-0.3, -0.25) is 9.59 Å². The number of hydrogen-bond donors (Lipinski definition) is 2. The molecule has 6 heteroatoms. The molecule has 160 valence electrons. The Hall–Kier alpha value is -2.86. The first-order chi connectivity index (χ1) is 14.3. The van der Waals surface area contributed by atoms with Crippen molar-refractivity contribution in [2.45, 2.75) is 45.1 Å². The number of benzene rings is 2. The quantitative estimate of drug-likeness (QED) is 0.726. The van der Waals surface area contributed by atoms with E-state index in [9.17, 15) is 9.59 Å². The minimum Gasteiger partial charge on any atom is -0.483 e. The molecule has 0 spiro atoms. The molecular weight excluding hydrogens is 380 g/mol. The summed E-state index contributed by atoms with van der Waals surface area (Å²) in [6.07, 6.45) is 2.09. The van der Waals surface area contributed by atoms with Crippen molar-refractivity contribution in [1.29, 1.82) is 0 Å². The molecular formula is C24H30N2O4. The maximum absolute atomic E-state index is 12.4. The number of amides is 2. The molecule has 1 unspecified atom stereocenters. The number of anilines is 1. The van der Waals surface area contributed by atoms with E-state index < -0.39 is 0 Å². The van der Waals surface area contributed by atoms with Gasteiger partial charge in [-0.15, -0.1) is 0 Å². The molecule has 0 bridgehead atoms. The average Bonchev–Trinajstić information content (AvgIpc) is 3.24. The molecule has 6 nitrogen and oxygen atoms in total. The Kier molecular flexibility index (Phi) is 7.11. The van der Waals surface area contributed by atoms with E-state index in [1.54, 1.807) is 24.3 Å². The van der Waals surface area contributed by atoms with Crippen LogP contribution in [0.1, 0.15) is 49.5 Å². The van der Waals surface area contributed by atoms with E-state index in [4.69, 9.17) is 9.47 Å². The summed E-state index contributed by atoms with van der Waals surface area (Å²) in [6, 6.07) is 14.6. The second-order valence-electron chi connectivity index (χ2n) is 8.51. The first kappa shape index (κ1) is 21.8. The largest absolute Gasteiger partial charge is 0.483 e. The second-order valence-corrected chi connectivity index (χ2v) is 8.51. The number of hydrogen-bond acceptors (Lipinski definition) is 4. The highest BCUT2D eigenvalue weighted by molar-refractivity contribution is 5.97. The number of rotatable bonds is 7. The fourth-order valence-electron chi connectivity index (χ4n) is 3.40. The minimum atomic E-state index is -0.282. The van der Waals surface area contributed by atoms with Crippen LogP contribution in [0.15, 0.2) is 48.5 Å². The van der Waals surface area contributed by atoms with Gasteiger partial charge in [0.25, 0.3) is 11.8 Å². The molecule has 0 aromatic heterocycles. The van der Waals surface area contributed by atoms with Gasteiger partial charge in [-0.05, 0) is 48.1 Å². The summed E-state index contributed by atoms with van der Waals surface area (Å²) in [7, 11) is 0. The Morgan fingerprint density at radius 3 is 2.67 bits per heavy atom. The van der Waals surface area contributed by atoms with Gasteiger partial charge in [0, 0.05) is 24.4 Å². The van der Waals surface area contributed by atoms with E-state index >= 15 is 0 Å². The zero-order valence-corrected chi connectivity index (χ0v) is 17.9. The average molecular weight is 411 g/mol. The van der Waals surface area contributed by atoms with Crippen molar-refractivity contribution in [2.24, 2.45) is 0 Å². The van der Waals surface area contributed by atoms with E-state index in [0.717, 1.165) is 25.0 Å². The number of para-hydroxylation sites is 1. The van der Waals surface area contributed by atoms with E-state index in [2.05, 4.69) is 31.4 Å². The Balaban J connectivity index is 1.54. The van der Waals surface area contributed by atoms with Crippen molar-refractivity contribution in [3.63, 3.8) is 0 Å². The molecule has 2 amide bonds. The van der Waals surface area contributed by atoms with Crippen LogP contribution in [0.25, 0.3) is 0 Å². The smallest absolute Gasteiger partial charge is 0.262 e. The summed E-state index contributed by atoms with van der Waals surface area (Å²) in [4.78, 5) is 24.8. The maximum Gasteiger partial charge on any atom is 0.262 e. The molecule has 0 radical (unpaired) electrons. The van der Waals surface area contributed by atoms with Crippen LogP contribution in [-0.2, 0) is 14.9 Å². The van der Waals surface area contributed by atoms with E-state index in [1.165, 1.54) is 0 Å². The maximum atomic E-state index is 12.4. The van der Waals surface area contributed by atoms with Gasteiger partial charge in [0.15, 0.2) is 6.61 Å². The van der Waals surface area contributed by atoms with Crippen LogP contribution in [0.4, 0.5) is 5.69 Å². The van der Waals surface area contributed by atoms with E-state index in [0.29, 0.717) is 23.5 Å². The molecule has 1 fully saturated rings. The number of carbonyl (C=O) groups excluding carboxylic acids is 2. The molecule has 1 aliphatic rings. The predicted molar refractivity (Wildman–Crippen MR) is 117 cm³/mol. The van der Waals surface area contributed by atoms with Crippen molar-refractivity contribution < 1.29 is 19.1 Å². The topological polar surface area (TPSA) is 76.7 Å². The fraction of sp³-hybridized carbons (Fsp3) is 0.417. The summed E-state index contributed by atoms with van der Waals surface area (Å²) >= 11 is 0. The van der Waals surface area contributed by atoms with Gasteiger partial charge in [0.05, 0.1) is 6.10 Å². The van der Waals surface area contributed by atoms with Crippen molar-refractivity contribution in [1.82, 2.24) is 5.32 Å². The van der Waals surface area contributed by atoms with Gasteiger partial charge in [0.2, 0.25) is 0 Å². The normalized spacial score (nSPS) is 16.2. The van der Waals surface area contributed by atoms with Crippen LogP contribution in [-0.4, -0.2) is 37.7 Å². The Labute approximate surface area is 178 Å². The number of nitrogens with one attached hydrogen (secondary N) is 2. The minimum absolute atomic E-state index is 0.0850. The Bertz CT molecular complexity index is 883. The Morgan fingerprint density at radius 1 is 1.13 bits per heavy atom. The van der Waals surface area contributed by atoms with E-state index in [1.807, 2.05) is 24.3 Å². The molecule has 1 aliphatic heterocycles. The monoisotopic (exact) mass is 410 g/mol. The van der Waals surface area contributed by atoms with Crippen molar-refractivity contribution >= 4 is 17.5 Å². The molecule has 1 heterocycles. The zero-order chi connectivity index (χ0) is 21.6. The third-order valence-corrected chi connectivity index (χ3v) is 4.98. The molecule has 2 aromatic carbocycles. The van der Waals surface area contributed by atoms with Gasteiger partial charge in [-0.25, -0.2) is 0 Å². The molecule has 2 aromatic rings. The van der Waals surface area contributed by atoms with Crippen LogP contribution in [0, 0.1) is 0 Å². The molecule has 30 heavy (non-hydrogen) atoms. The summed E-state index contributed by atoms with van der Waals surface area (Å²) < 4.78 is 11.3. The standard InChI is InChI=1S/C24H30N2O4/c1-24(2,3)20-11-4-5-12-21(20)30-16-22(27)26-18-9-6-8-17(14-18)23(28)25-15-19-10-7-13-29-19/h4-6,8-9,11-12,14,19H,7,10,13,15-16H2,1-3H3,(H,25,28)(H,26,27). The summed E-state index contributed by atoms with van der Waals surface area (Å²) in [5.41, 5.74) is 2.00. The fourth-order valence-corrected chi connectivity index (χ4v) is 3.40. The lowest BCUT2D eigenvalue weighted by atomic mass is 9.86. The van der Waals surface area contributed by atoms with E-state index in [-0.39, 0.29) is 29.9 Å². The van der Waals surface area contributed by atoms with Gasteiger partial charge < -0.3 is 20.1 Å². The van der Waals surface area contributed by atoms with Crippen molar-refractivity contribution in [3.05, 3.63) is 59.7 Å². The summed E-state index contributed by atoms with van der Waals surface area (Å²) in [6.45, 7) is 7.45. The molecule has 3 rings (SSSR count). The van der Waals surface area contributed by atoms with Crippen LogP contribution < -0.4 is 15.4 Å². The summed E-state index contributed by atoms with van der Waals surface area (Å²) in [5, 5.41) is 5.68. The molecule has 1 atom stereocenters. The van der Waals surface area contributed by atoms with Gasteiger partial charge in [0.1, 0.15) is 5.75 Å². The lowest BCUT2D eigenvalue weighted by molar-refractivity contribution is -0.118. The van der Waals surface area contributed by atoms with Crippen LogP contribution in [0.3, 0.4) is 0 Å². The van der Waals surface area contributed by atoms with Crippen LogP contribution in [0.5, 0.6) is 5.75 Å². The number of ether oxygens (including phenoxy) is 2. The SMILES string of the molecule is CC(C)(C)c1ccccc1OCC(=O)Nc1cccc(C(=O)NCC2CCCO2)c1. The first-order valence-corrected chi connectivity index (χ1v) is 10.3. The highest BCUT2D eigenvalue weighted by Crippen LogP contribution is 2.30.